The second-order valence-electron chi connectivity index (χ2n) is 11.0. The third kappa shape index (κ3) is 5.04. The first kappa shape index (κ1) is 23.7. The van der Waals surface area contributed by atoms with E-state index in [0.29, 0.717) is 12.5 Å². The second kappa shape index (κ2) is 9.41. The van der Waals surface area contributed by atoms with E-state index in [0.717, 1.165) is 43.3 Å². The highest BCUT2D eigenvalue weighted by atomic mass is 32.1. The number of thiazole rings is 1. The zero-order valence-corrected chi connectivity index (χ0v) is 21.0. The van der Waals surface area contributed by atoms with E-state index >= 15 is 0 Å². The predicted molar refractivity (Wildman–Crippen MR) is 136 cm³/mol. The maximum Gasteiger partial charge on any atom is 0.185 e. The van der Waals surface area contributed by atoms with Gasteiger partial charge in [-0.2, -0.15) is 0 Å². The fourth-order valence-electron chi connectivity index (χ4n) is 5.15. The molecule has 6 heteroatoms. The van der Waals surface area contributed by atoms with Crippen LogP contribution in [0.15, 0.2) is 23.6 Å². The number of nitrogens with one attached hydrogen (secondary N) is 1. The molecule has 2 aromatic rings. The standard InChI is InChI=1S/C26H40N4OS/c1-25(2)10-11-26(3,4)22-15-18(5-6-21(22)25)23-17-32-24(29-23)30-12-7-20(8-13-30)28-16-19(27)9-14-31/h5-6,15,17,19-20,28,31H,7-14,16,27H2,1-4H3. The van der Waals surface area contributed by atoms with Crippen molar-refractivity contribution in [2.45, 2.75) is 82.7 Å². The summed E-state index contributed by atoms with van der Waals surface area (Å²) in [5.41, 5.74) is 11.8. The van der Waals surface area contributed by atoms with Crippen LogP contribution >= 0.6 is 11.3 Å². The van der Waals surface area contributed by atoms with Crippen molar-refractivity contribution in [1.29, 1.82) is 0 Å². The smallest absolute Gasteiger partial charge is 0.185 e. The van der Waals surface area contributed by atoms with Gasteiger partial charge in [-0.3, -0.25) is 0 Å². The summed E-state index contributed by atoms with van der Waals surface area (Å²) in [4.78, 5) is 7.46. The SMILES string of the molecule is CC1(C)CCC(C)(C)c2cc(-c3csc(N4CCC(NCC(N)CCO)CC4)n3)ccc21. The molecular formula is C26H40N4OS. The van der Waals surface area contributed by atoms with Gasteiger partial charge < -0.3 is 21.1 Å². The average Bonchev–Trinajstić information content (AvgIpc) is 3.26. The summed E-state index contributed by atoms with van der Waals surface area (Å²) in [6, 6.07) is 7.56. The Bertz CT molecular complexity index is 914. The monoisotopic (exact) mass is 456 g/mol. The third-order valence-electron chi connectivity index (χ3n) is 7.57. The lowest BCUT2D eigenvalue weighted by Crippen LogP contribution is -2.46. The van der Waals surface area contributed by atoms with E-state index < -0.39 is 0 Å². The van der Waals surface area contributed by atoms with Gasteiger partial charge in [0.2, 0.25) is 0 Å². The van der Waals surface area contributed by atoms with Gasteiger partial charge in [0.1, 0.15) is 0 Å². The van der Waals surface area contributed by atoms with Crippen LogP contribution in [0.3, 0.4) is 0 Å². The minimum Gasteiger partial charge on any atom is -0.396 e. The van der Waals surface area contributed by atoms with Crippen LogP contribution in [-0.2, 0) is 10.8 Å². The molecule has 1 aromatic heterocycles. The van der Waals surface area contributed by atoms with E-state index in [-0.39, 0.29) is 23.5 Å². The molecule has 1 saturated heterocycles. The van der Waals surface area contributed by atoms with Crippen LogP contribution in [-0.4, -0.2) is 48.4 Å². The minimum atomic E-state index is 0.0340. The Morgan fingerprint density at radius 1 is 1.16 bits per heavy atom. The molecule has 0 amide bonds. The topological polar surface area (TPSA) is 74.4 Å². The fraction of sp³-hybridized carbons (Fsp3) is 0.654. The summed E-state index contributed by atoms with van der Waals surface area (Å²) in [5, 5.41) is 15.9. The normalized spacial score (nSPS) is 21.4. The van der Waals surface area contributed by atoms with E-state index in [1.165, 1.54) is 29.5 Å². The lowest BCUT2D eigenvalue weighted by atomic mass is 9.63. The van der Waals surface area contributed by atoms with E-state index in [9.17, 15) is 0 Å². The van der Waals surface area contributed by atoms with Crippen molar-refractivity contribution >= 4 is 16.5 Å². The molecule has 1 atom stereocenters. The number of benzene rings is 1. The van der Waals surface area contributed by atoms with Gasteiger partial charge >= 0.3 is 0 Å². The fourth-order valence-corrected chi connectivity index (χ4v) is 6.04. The molecule has 32 heavy (non-hydrogen) atoms. The second-order valence-corrected chi connectivity index (χ2v) is 11.8. The van der Waals surface area contributed by atoms with Crippen LogP contribution in [0.4, 0.5) is 5.13 Å². The van der Waals surface area contributed by atoms with Crippen molar-refractivity contribution < 1.29 is 5.11 Å². The zero-order valence-electron chi connectivity index (χ0n) is 20.2. The molecule has 1 unspecified atom stereocenters. The van der Waals surface area contributed by atoms with Gasteiger partial charge in [0.25, 0.3) is 0 Å². The van der Waals surface area contributed by atoms with Gasteiger partial charge in [0, 0.05) is 49.3 Å². The summed E-state index contributed by atoms with van der Waals surface area (Å²) in [7, 11) is 0. The molecular weight excluding hydrogens is 416 g/mol. The third-order valence-corrected chi connectivity index (χ3v) is 8.48. The summed E-state index contributed by atoms with van der Waals surface area (Å²) < 4.78 is 0. The number of hydrogen-bond acceptors (Lipinski definition) is 6. The quantitative estimate of drug-likeness (QED) is 0.575. The summed E-state index contributed by atoms with van der Waals surface area (Å²) >= 11 is 1.76. The molecule has 2 heterocycles. The average molecular weight is 457 g/mol. The molecule has 2 aliphatic rings. The number of anilines is 1. The number of aliphatic hydroxyl groups excluding tert-OH is 1. The van der Waals surface area contributed by atoms with Gasteiger partial charge in [-0.15, -0.1) is 11.3 Å². The molecule has 1 fully saturated rings. The molecule has 5 nitrogen and oxygen atoms in total. The Hall–Kier alpha value is -1.47. The summed E-state index contributed by atoms with van der Waals surface area (Å²) in [6.45, 7) is 12.5. The molecule has 0 radical (unpaired) electrons. The molecule has 1 aromatic carbocycles. The Balaban J connectivity index is 1.42. The highest BCUT2D eigenvalue weighted by Gasteiger charge is 2.37. The minimum absolute atomic E-state index is 0.0340. The Morgan fingerprint density at radius 3 is 2.53 bits per heavy atom. The van der Waals surface area contributed by atoms with Crippen LogP contribution in [0.2, 0.25) is 0 Å². The van der Waals surface area contributed by atoms with E-state index in [4.69, 9.17) is 15.8 Å². The number of nitrogens with zero attached hydrogens (tertiary/aromatic N) is 2. The molecule has 1 aliphatic heterocycles. The zero-order chi connectivity index (χ0) is 22.9. The molecule has 0 spiro atoms. The van der Waals surface area contributed by atoms with Crippen LogP contribution in [0, 0.1) is 0 Å². The molecule has 4 rings (SSSR count). The summed E-state index contributed by atoms with van der Waals surface area (Å²) in [5.74, 6) is 0. The first-order valence-corrected chi connectivity index (χ1v) is 13.0. The summed E-state index contributed by atoms with van der Waals surface area (Å²) in [6.07, 6.45) is 5.33. The Morgan fingerprint density at radius 2 is 1.84 bits per heavy atom. The molecule has 0 saturated carbocycles. The number of aliphatic hydroxyl groups is 1. The number of aromatic nitrogens is 1. The van der Waals surface area contributed by atoms with Gasteiger partial charge in [-0.25, -0.2) is 4.98 Å². The highest BCUT2D eigenvalue weighted by Crippen LogP contribution is 2.47. The number of nitrogens with two attached hydrogens (primary N) is 1. The molecule has 1 aliphatic carbocycles. The number of hydrogen-bond donors (Lipinski definition) is 3. The molecule has 0 bridgehead atoms. The van der Waals surface area contributed by atoms with Crippen LogP contribution < -0.4 is 16.0 Å². The first-order valence-electron chi connectivity index (χ1n) is 12.2. The van der Waals surface area contributed by atoms with Crippen LogP contribution in [0.25, 0.3) is 11.3 Å². The van der Waals surface area contributed by atoms with E-state index in [1.54, 1.807) is 11.3 Å². The van der Waals surface area contributed by atoms with Crippen LogP contribution in [0.1, 0.15) is 70.9 Å². The van der Waals surface area contributed by atoms with Crippen molar-refractivity contribution in [2.75, 3.05) is 31.1 Å². The lowest BCUT2D eigenvalue weighted by molar-refractivity contribution is 0.270. The van der Waals surface area contributed by atoms with Crippen molar-refractivity contribution in [3.8, 4) is 11.3 Å². The largest absolute Gasteiger partial charge is 0.396 e. The van der Waals surface area contributed by atoms with Gasteiger partial charge in [0.05, 0.1) is 5.69 Å². The lowest BCUT2D eigenvalue weighted by Gasteiger charge is -2.42. The Kier molecular flexibility index (Phi) is 6.97. The predicted octanol–water partition coefficient (Wildman–Crippen LogP) is 4.43. The van der Waals surface area contributed by atoms with E-state index in [2.05, 4.69) is 61.5 Å². The van der Waals surface area contributed by atoms with Crippen molar-refractivity contribution in [2.24, 2.45) is 5.73 Å². The molecule has 176 valence electrons. The number of rotatable bonds is 7. The molecule has 4 N–H and O–H groups in total. The van der Waals surface area contributed by atoms with Crippen molar-refractivity contribution in [3.63, 3.8) is 0 Å². The van der Waals surface area contributed by atoms with Gasteiger partial charge in [-0.1, -0.05) is 39.8 Å². The maximum absolute atomic E-state index is 9.01. The number of fused-ring (bicyclic) bond motifs is 1. The van der Waals surface area contributed by atoms with Gasteiger partial charge in [-0.05, 0) is 60.1 Å². The van der Waals surface area contributed by atoms with Gasteiger partial charge in [0.15, 0.2) is 5.13 Å². The highest BCUT2D eigenvalue weighted by molar-refractivity contribution is 7.14. The Labute approximate surface area is 197 Å². The first-order chi connectivity index (χ1) is 15.2. The van der Waals surface area contributed by atoms with Crippen molar-refractivity contribution in [1.82, 2.24) is 10.3 Å². The maximum atomic E-state index is 9.01. The number of piperidine rings is 1. The van der Waals surface area contributed by atoms with E-state index in [1.807, 2.05) is 0 Å². The van der Waals surface area contributed by atoms with Crippen molar-refractivity contribution in [3.05, 3.63) is 34.7 Å². The van der Waals surface area contributed by atoms with Crippen LogP contribution in [0.5, 0.6) is 0 Å².